The fraction of sp³-hybridized carbons (Fsp3) is 0.0455. The lowest BCUT2D eigenvalue weighted by molar-refractivity contribution is 0.101. The topological polar surface area (TPSA) is 59.8 Å². The number of benzene rings is 3. The van der Waals surface area contributed by atoms with Gasteiger partial charge in [-0.2, -0.15) is 0 Å². The maximum Gasteiger partial charge on any atom is 0.295 e. The maximum atomic E-state index is 12.8. The molecule has 0 aliphatic carbocycles. The van der Waals surface area contributed by atoms with Gasteiger partial charge in [0.05, 0.1) is 15.7 Å². The molecule has 4 rings (SSSR count). The van der Waals surface area contributed by atoms with Gasteiger partial charge in [-0.05, 0) is 43.3 Å². The molecule has 0 fully saturated rings. The molecule has 0 saturated heterocycles. The second kappa shape index (κ2) is 8.48. The number of nitrogens with zero attached hydrogens (tertiary/aromatic N) is 3. The van der Waals surface area contributed by atoms with Gasteiger partial charge in [-0.15, -0.1) is 5.10 Å². The minimum Gasteiger partial charge on any atom is -0.319 e. The molecule has 0 saturated carbocycles. The summed E-state index contributed by atoms with van der Waals surface area (Å²) in [6.07, 6.45) is 0. The molecule has 0 aliphatic heterocycles. The fourth-order valence-corrected chi connectivity index (χ4v) is 3.33. The van der Waals surface area contributed by atoms with E-state index in [0.29, 0.717) is 32.3 Å². The molecule has 0 spiro atoms. The summed E-state index contributed by atoms with van der Waals surface area (Å²) < 4.78 is 1.57. The van der Waals surface area contributed by atoms with Gasteiger partial charge < -0.3 is 5.32 Å². The van der Waals surface area contributed by atoms with Crippen LogP contribution in [0.25, 0.3) is 17.1 Å². The van der Waals surface area contributed by atoms with Crippen LogP contribution in [-0.4, -0.2) is 20.7 Å². The number of aryl methyl sites for hydroxylation is 1. The van der Waals surface area contributed by atoms with Crippen molar-refractivity contribution in [1.82, 2.24) is 14.8 Å². The van der Waals surface area contributed by atoms with Crippen molar-refractivity contribution >= 4 is 46.4 Å². The normalized spacial score (nSPS) is 10.8. The SMILES string of the molecule is Cc1ccc(-c2nc(C(=O)Nc3cccc(Cl)c3)nn2-c2ccc(Cl)c(Cl)c2)cc1. The molecule has 0 aliphatic rings. The zero-order chi connectivity index (χ0) is 21.3. The number of carbonyl (C=O) groups excluding carboxylic acids is 1. The van der Waals surface area contributed by atoms with Crippen LogP contribution < -0.4 is 5.32 Å². The molecule has 1 amide bonds. The van der Waals surface area contributed by atoms with E-state index in [1.807, 2.05) is 31.2 Å². The van der Waals surface area contributed by atoms with Crippen molar-refractivity contribution in [2.24, 2.45) is 0 Å². The van der Waals surface area contributed by atoms with E-state index in [1.54, 1.807) is 47.1 Å². The Bertz CT molecular complexity index is 1240. The van der Waals surface area contributed by atoms with Gasteiger partial charge in [-0.3, -0.25) is 4.79 Å². The van der Waals surface area contributed by atoms with E-state index >= 15 is 0 Å². The highest BCUT2D eigenvalue weighted by atomic mass is 35.5. The van der Waals surface area contributed by atoms with Crippen molar-refractivity contribution in [3.63, 3.8) is 0 Å². The average Bonchev–Trinajstić information content (AvgIpc) is 3.16. The van der Waals surface area contributed by atoms with Gasteiger partial charge in [-0.1, -0.05) is 70.7 Å². The standard InChI is InChI=1S/C22H15Cl3N4O/c1-13-5-7-14(8-6-13)21-27-20(22(30)26-16-4-2-3-15(23)11-16)28-29(21)17-9-10-18(24)19(25)12-17/h2-12H,1H3,(H,26,30). The zero-order valence-electron chi connectivity index (χ0n) is 15.7. The quantitative estimate of drug-likeness (QED) is 0.383. The van der Waals surface area contributed by atoms with Gasteiger partial charge in [0.25, 0.3) is 5.91 Å². The lowest BCUT2D eigenvalue weighted by atomic mass is 10.1. The summed E-state index contributed by atoms with van der Waals surface area (Å²) >= 11 is 18.2. The van der Waals surface area contributed by atoms with Crippen LogP contribution in [0.4, 0.5) is 5.69 Å². The highest BCUT2D eigenvalue weighted by Crippen LogP contribution is 2.27. The molecule has 8 heteroatoms. The van der Waals surface area contributed by atoms with Crippen LogP contribution in [0.1, 0.15) is 16.2 Å². The number of carbonyl (C=O) groups is 1. The van der Waals surface area contributed by atoms with Crippen molar-refractivity contribution in [2.45, 2.75) is 6.92 Å². The predicted octanol–water partition coefficient (Wildman–Crippen LogP) is 6.46. The monoisotopic (exact) mass is 456 g/mol. The van der Waals surface area contributed by atoms with Crippen LogP contribution in [0, 0.1) is 6.92 Å². The van der Waals surface area contributed by atoms with E-state index < -0.39 is 5.91 Å². The van der Waals surface area contributed by atoms with Crippen LogP contribution in [0.3, 0.4) is 0 Å². The highest BCUT2D eigenvalue weighted by Gasteiger charge is 2.19. The van der Waals surface area contributed by atoms with E-state index in [4.69, 9.17) is 34.8 Å². The van der Waals surface area contributed by atoms with Crippen LogP contribution in [0.2, 0.25) is 15.1 Å². The van der Waals surface area contributed by atoms with E-state index in [2.05, 4.69) is 15.4 Å². The van der Waals surface area contributed by atoms with Gasteiger partial charge >= 0.3 is 0 Å². The summed E-state index contributed by atoms with van der Waals surface area (Å²) in [5, 5.41) is 8.51. The van der Waals surface area contributed by atoms with Crippen molar-refractivity contribution in [3.05, 3.63) is 93.2 Å². The van der Waals surface area contributed by atoms with E-state index in [1.165, 1.54) is 0 Å². The minimum atomic E-state index is -0.454. The predicted molar refractivity (Wildman–Crippen MR) is 121 cm³/mol. The second-order valence-corrected chi connectivity index (χ2v) is 7.85. The molecule has 4 aromatic rings. The van der Waals surface area contributed by atoms with Gasteiger partial charge in [0.15, 0.2) is 5.82 Å². The number of nitrogens with one attached hydrogen (secondary N) is 1. The molecule has 0 atom stereocenters. The van der Waals surface area contributed by atoms with Crippen molar-refractivity contribution in [1.29, 1.82) is 0 Å². The van der Waals surface area contributed by atoms with Crippen LogP contribution in [0.15, 0.2) is 66.7 Å². The summed E-state index contributed by atoms with van der Waals surface area (Å²) in [5.74, 6) is 0.0608. The molecule has 1 aromatic heterocycles. The zero-order valence-corrected chi connectivity index (χ0v) is 18.0. The number of anilines is 1. The molecule has 30 heavy (non-hydrogen) atoms. The Balaban J connectivity index is 1.77. The Labute approximate surface area is 188 Å². The first-order valence-electron chi connectivity index (χ1n) is 8.97. The number of amides is 1. The van der Waals surface area contributed by atoms with Crippen LogP contribution in [0.5, 0.6) is 0 Å². The van der Waals surface area contributed by atoms with Gasteiger partial charge in [0.2, 0.25) is 5.82 Å². The van der Waals surface area contributed by atoms with E-state index in [-0.39, 0.29) is 5.82 Å². The molecule has 5 nitrogen and oxygen atoms in total. The summed E-state index contributed by atoms with van der Waals surface area (Å²) in [6.45, 7) is 2.00. The summed E-state index contributed by atoms with van der Waals surface area (Å²) in [7, 11) is 0. The first-order valence-corrected chi connectivity index (χ1v) is 10.1. The second-order valence-electron chi connectivity index (χ2n) is 6.60. The molecule has 1 heterocycles. The van der Waals surface area contributed by atoms with Crippen LogP contribution in [-0.2, 0) is 0 Å². The van der Waals surface area contributed by atoms with Gasteiger partial charge in [-0.25, -0.2) is 9.67 Å². The Morgan fingerprint density at radius 1 is 0.933 bits per heavy atom. The number of hydrogen-bond donors (Lipinski definition) is 1. The Morgan fingerprint density at radius 3 is 2.40 bits per heavy atom. The number of halogens is 3. The summed E-state index contributed by atoms with van der Waals surface area (Å²) in [4.78, 5) is 17.3. The van der Waals surface area contributed by atoms with E-state index in [0.717, 1.165) is 11.1 Å². The molecule has 0 radical (unpaired) electrons. The summed E-state index contributed by atoms with van der Waals surface area (Å²) in [5.41, 5.74) is 3.10. The molecular formula is C22H15Cl3N4O. The third-order valence-corrected chi connectivity index (χ3v) is 5.32. The molecule has 0 unspecified atom stereocenters. The largest absolute Gasteiger partial charge is 0.319 e. The molecule has 150 valence electrons. The smallest absolute Gasteiger partial charge is 0.295 e. The molecule has 0 bridgehead atoms. The number of hydrogen-bond acceptors (Lipinski definition) is 3. The lowest BCUT2D eigenvalue weighted by Gasteiger charge is -2.07. The fourth-order valence-electron chi connectivity index (χ4n) is 2.85. The Hall–Kier alpha value is -2.86. The summed E-state index contributed by atoms with van der Waals surface area (Å²) in [6, 6.07) is 19.7. The third-order valence-electron chi connectivity index (χ3n) is 4.35. The van der Waals surface area contributed by atoms with Crippen molar-refractivity contribution in [3.8, 4) is 17.1 Å². The number of rotatable bonds is 4. The van der Waals surface area contributed by atoms with Crippen molar-refractivity contribution < 1.29 is 4.79 Å². The van der Waals surface area contributed by atoms with Crippen LogP contribution >= 0.6 is 34.8 Å². The Morgan fingerprint density at radius 2 is 1.70 bits per heavy atom. The van der Waals surface area contributed by atoms with Gasteiger partial charge in [0.1, 0.15) is 0 Å². The first kappa shape index (κ1) is 20.4. The van der Waals surface area contributed by atoms with E-state index in [9.17, 15) is 4.79 Å². The molecular weight excluding hydrogens is 443 g/mol. The Kier molecular flexibility index (Phi) is 5.77. The number of aromatic nitrogens is 3. The highest BCUT2D eigenvalue weighted by molar-refractivity contribution is 6.42. The minimum absolute atomic E-state index is 0.0108. The molecule has 3 aromatic carbocycles. The maximum absolute atomic E-state index is 12.8. The lowest BCUT2D eigenvalue weighted by Crippen LogP contribution is -2.14. The average molecular weight is 458 g/mol. The third kappa shape index (κ3) is 4.33. The first-order chi connectivity index (χ1) is 14.4. The van der Waals surface area contributed by atoms with Crippen molar-refractivity contribution in [2.75, 3.05) is 5.32 Å². The molecule has 1 N–H and O–H groups in total. The van der Waals surface area contributed by atoms with Gasteiger partial charge in [0, 0.05) is 16.3 Å².